The van der Waals surface area contributed by atoms with Gasteiger partial charge in [-0.2, -0.15) is 0 Å². The Balaban J connectivity index is 1.32. The fourth-order valence-electron chi connectivity index (χ4n) is 5.07. The van der Waals surface area contributed by atoms with E-state index >= 15 is 0 Å². The van der Waals surface area contributed by atoms with E-state index in [1.165, 1.54) is 48.5 Å². The highest BCUT2D eigenvalue weighted by atomic mass is 32.2. The van der Waals surface area contributed by atoms with Crippen molar-refractivity contribution >= 4 is 23.3 Å². The van der Waals surface area contributed by atoms with Crippen molar-refractivity contribution in [3.05, 3.63) is 36.2 Å². The average Bonchev–Trinajstić information content (AvgIpc) is 2.89. The Hall–Kier alpha value is -1.59. The molecule has 1 saturated heterocycles. The molecule has 1 saturated carbocycles. The Morgan fingerprint density at radius 1 is 1.16 bits per heavy atom. The van der Waals surface area contributed by atoms with E-state index in [-0.39, 0.29) is 0 Å². The minimum absolute atomic E-state index is 0.874. The van der Waals surface area contributed by atoms with E-state index in [2.05, 4.69) is 45.3 Å². The lowest BCUT2D eigenvalue weighted by atomic mass is 9.83. The first-order valence-corrected chi connectivity index (χ1v) is 10.2. The number of benzene rings is 1. The molecule has 5 heteroatoms. The summed E-state index contributed by atoms with van der Waals surface area (Å²) in [5.41, 5.74) is 2.57. The second kappa shape index (κ2) is 6.29. The van der Waals surface area contributed by atoms with Gasteiger partial charge in [0.25, 0.3) is 0 Å². The molecule has 1 aromatic heterocycles. The van der Waals surface area contributed by atoms with E-state index in [0.29, 0.717) is 0 Å². The van der Waals surface area contributed by atoms with Crippen LogP contribution in [0.4, 0.5) is 11.5 Å². The second-order valence-corrected chi connectivity index (χ2v) is 8.66. The van der Waals surface area contributed by atoms with Crippen LogP contribution >= 0.6 is 11.8 Å². The molecule has 2 bridgehead atoms. The van der Waals surface area contributed by atoms with Gasteiger partial charge >= 0.3 is 0 Å². The van der Waals surface area contributed by atoms with E-state index in [4.69, 9.17) is 0 Å². The molecule has 2 aromatic rings. The van der Waals surface area contributed by atoms with Gasteiger partial charge < -0.3 is 5.32 Å². The van der Waals surface area contributed by atoms with Crippen molar-refractivity contribution in [1.29, 1.82) is 0 Å². The maximum Gasteiger partial charge on any atom is 0.163 e. The molecule has 4 nitrogen and oxygen atoms in total. The number of hydrogen-bond donors (Lipinski definition) is 1. The number of aromatic nitrogens is 2. The molecular weight excluding hydrogens is 328 g/mol. The van der Waals surface area contributed by atoms with Gasteiger partial charge in [-0.05, 0) is 48.3 Å². The summed E-state index contributed by atoms with van der Waals surface area (Å²) in [7, 11) is 0. The lowest BCUT2D eigenvalue weighted by Crippen LogP contribution is -2.41. The largest absolute Gasteiger partial charge is 0.337 e. The Morgan fingerprint density at radius 2 is 1.96 bits per heavy atom. The number of likely N-dealkylation sites (tertiary alicyclic amines) is 1. The summed E-state index contributed by atoms with van der Waals surface area (Å²) in [6.45, 7) is 6.00. The molecule has 1 aromatic carbocycles. The third-order valence-corrected chi connectivity index (χ3v) is 7.22. The van der Waals surface area contributed by atoms with Crippen LogP contribution in [0.1, 0.15) is 31.7 Å². The summed E-state index contributed by atoms with van der Waals surface area (Å²) < 4.78 is 0. The van der Waals surface area contributed by atoms with Gasteiger partial charge in [-0.25, -0.2) is 9.97 Å². The summed E-state index contributed by atoms with van der Waals surface area (Å²) >= 11 is 1.70. The Morgan fingerprint density at radius 3 is 2.76 bits per heavy atom. The molecule has 130 valence electrons. The maximum absolute atomic E-state index is 4.40. The zero-order chi connectivity index (χ0) is 16.8. The standard InChI is InChI=1S/C20H24N4S/c1-2-16-14-4-5-15(16)12-24(11-14)10-13-3-6-18-17(9-13)23-19-20(25-18)22-8-7-21-19/h3,6-9,14-16H,2,4-5,10-12H2,1H3,(H,21,23). The number of nitrogens with one attached hydrogen (secondary N) is 1. The second-order valence-electron chi connectivity index (χ2n) is 7.63. The molecule has 3 aliphatic rings. The Bertz CT molecular complexity index is 779. The van der Waals surface area contributed by atoms with Gasteiger partial charge in [-0.1, -0.05) is 31.2 Å². The summed E-state index contributed by atoms with van der Waals surface area (Å²) in [6, 6.07) is 6.81. The van der Waals surface area contributed by atoms with Crippen molar-refractivity contribution < 1.29 is 0 Å². The molecule has 0 spiro atoms. The van der Waals surface area contributed by atoms with Gasteiger partial charge in [0.15, 0.2) is 5.82 Å². The normalized spacial score (nSPS) is 27.5. The van der Waals surface area contributed by atoms with Crippen LogP contribution in [0.3, 0.4) is 0 Å². The summed E-state index contributed by atoms with van der Waals surface area (Å²) in [6.07, 6.45) is 7.74. The van der Waals surface area contributed by atoms with Crippen LogP contribution in [0, 0.1) is 17.8 Å². The first kappa shape index (κ1) is 15.6. The summed E-state index contributed by atoms with van der Waals surface area (Å²) in [5.74, 6) is 3.71. The summed E-state index contributed by atoms with van der Waals surface area (Å²) in [4.78, 5) is 12.7. The van der Waals surface area contributed by atoms with Gasteiger partial charge in [-0.3, -0.25) is 4.90 Å². The van der Waals surface area contributed by atoms with Gasteiger partial charge in [0.1, 0.15) is 5.03 Å². The molecule has 2 aliphatic heterocycles. The predicted octanol–water partition coefficient (Wildman–Crippen LogP) is 4.55. The lowest BCUT2D eigenvalue weighted by Gasteiger charge is -2.37. The van der Waals surface area contributed by atoms with Crippen LogP contribution in [0.2, 0.25) is 0 Å². The van der Waals surface area contributed by atoms with Crippen LogP contribution in [0.5, 0.6) is 0 Å². The number of rotatable bonds is 3. The highest BCUT2D eigenvalue weighted by molar-refractivity contribution is 7.99. The Kier molecular flexibility index (Phi) is 3.94. The van der Waals surface area contributed by atoms with Crippen molar-refractivity contribution in [3.8, 4) is 0 Å². The molecule has 0 radical (unpaired) electrons. The fourth-order valence-corrected chi connectivity index (χ4v) is 5.94. The van der Waals surface area contributed by atoms with Gasteiger partial charge in [0, 0.05) is 36.9 Å². The molecule has 1 aliphatic carbocycles. The van der Waals surface area contributed by atoms with Crippen molar-refractivity contribution in [2.24, 2.45) is 17.8 Å². The molecule has 5 rings (SSSR count). The van der Waals surface area contributed by atoms with E-state index in [1.807, 2.05) is 0 Å². The molecule has 0 amide bonds. The third kappa shape index (κ3) is 2.83. The SMILES string of the molecule is CCC1C2CCC1CN(Cc1ccc3c(c1)Nc1nccnc1S3)C2. The average molecular weight is 353 g/mol. The van der Waals surface area contributed by atoms with E-state index in [9.17, 15) is 0 Å². The quantitative estimate of drug-likeness (QED) is 0.749. The highest BCUT2D eigenvalue weighted by Gasteiger charge is 2.40. The highest BCUT2D eigenvalue weighted by Crippen LogP contribution is 2.45. The van der Waals surface area contributed by atoms with Crippen LogP contribution in [-0.4, -0.2) is 28.0 Å². The first-order valence-electron chi connectivity index (χ1n) is 9.41. The third-order valence-electron chi connectivity index (χ3n) is 6.15. The van der Waals surface area contributed by atoms with Crippen molar-refractivity contribution in [2.75, 3.05) is 18.4 Å². The fraction of sp³-hybridized carbons (Fsp3) is 0.500. The minimum Gasteiger partial charge on any atom is -0.337 e. The van der Waals surface area contributed by atoms with Crippen molar-refractivity contribution in [1.82, 2.24) is 14.9 Å². The first-order chi connectivity index (χ1) is 12.3. The topological polar surface area (TPSA) is 41.0 Å². The lowest BCUT2D eigenvalue weighted by molar-refractivity contribution is 0.101. The molecule has 2 unspecified atom stereocenters. The number of fused-ring (bicyclic) bond motifs is 4. The number of hydrogen-bond acceptors (Lipinski definition) is 5. The minimum atomic E-state index is 0.874. The molecule has 25 heavy (non-hydrogen) atoms. The van der Waals surface area contributed by atoms with Gasteiger partial charge in [-0.15, -0.1) is 0 Å². The number of nitrogens with zero attached hydrogens (tertiary/aromatic N) is 3. The van der Waals surface area contributed by atoms with Crippen LogP contribution in [0.15, 0.2) is 40.5 Å². The maximum atomic E-state index is 4.40. The van der Waals surface area contributed by atoms with Gasteiger partial charge in [0.05, 0.1) is 5.69 Å². The van der Waals surface area contributed by atoms with E-state index < -0.39 is 0 Å². The number of anilines is 2. The van der Waals surface area contributed by atoms with Gasteiger partial charge in [0.2, 0.25) is 0 Å². The van der Waals surface area contributed by atoms with E-state index in [0.717, 1.165) is 35.1 Å². The van der Waals surface area contributed by atoms with Crippen LogP contribution < -0.4 is 5.32 Å². The predicted molar refractivity (Wildman–Crippen MR) is 101 cm³/mol. The summed E-state index contributed by atoms with van der Waals surface area (Å²) in [5, 5.41) is 4.41. The molecule has 2 fully saturated rings. The van der Waals surface area contributed by atoms with Crippen molar-refractivity contribution in [3.63, 3.8) is 0 Å². The molecule has 3 heterocycles. The zero-order valence-electron chi connectivity index (χ0n) is 14.6. The Labute approximate surface area is 153 Å². The van der Waals surface area contributed by atoms with E-state index in [1.54, 1.807) is 24.2 Å². The van der Waals surface area contributed by atoms with Crippen LogP contribution in [0.25, 0.3) is 0 Å². The molecular formula is C20H24N4S. The smallest absolute Gasteiger partial charge is 0.163 e. The molecule has 1 N–H and O–H groups in total. The molecule has 2 atom stereocenters. The van der Waals surface area contributed by atoms with Crippen LogP contribution in [-0.2, 0) is 6.54 Å². The monoisotopic (exact) mass is 352 g/mol. The zero-order valence-corrected chi connectivity index (χ0v) is 15.4. The van der Waals surface area contributed by atoms with Crippen molar-refractivity contribution in [2.45, 2.75) is 42.7 Å². The number of piperidine rings is 1.